The van der Waals surface area contributed by atoms with Crippen molar-refractivity contribution >= 4 is 0 Å². The molecule has 0 saturated heterocycles. The second kappa shape index (κ2) is 10.9. The predicted molar refractivity (Wildman–Crippen MR) is 130 cm³/mol. The third-order valence-electron chi connectivity index (χ3n) is 7.16. The summed E-state index contributed by atoms with van der Waals surface area (Å²) in [6.45, 7) is 1.89. The molecular weight excluding hydrogens is 398 g/mol. The van der Waals surface area contributed by atoms with Crippen LogP contribution in [0.2, 0.25) is 0 Å². The lowest BCUT2D eigenvalue weighted by molar-refractivity contribution is 0.293. The van der Waals surface area contributed by atoms with Gasteiger partial charge in [-0.2, -0.15) is 0 Å². The van der Waals surface area contributed by atoms with Crippen LogP contribution in [0, 0.1) is 18.7 Å². The van der Waals surface area contributed by atoms with Crippen molar-refractivity contribution in [1.29, 1.82) is 0 Å². The number of aryl methyl sites for hydroxylation is 3. The summed E-state index contributed by atoms with van der Waals surface area (Å²) in [5.74, 6) is 1.04. The first-order chi connectivity index (χ1) is 15.6. The molecule has 0 N–H and O–H groups in total. The summed E-state index contributed by atoms with van der Waals surface area (Å²) in [7, 11) is 0. The van der Waals surface area contributed by atoms with Gasteiger partial charge in [-0.3, -0.25) is 4.39 Å². The molecule has 0 spiro atoms. The van der Waals surface area contributed by atoms with Gasteiger partial charge in [-0.15, -0.1) is 0 Å². The van der Waals surface area contributed by atoms with Crippen molar-refractivity contribution in [3.63, 3.8) is 0 Å². The highest BCUT2D eigenvalue weighted by Crippen LogP contribution is 2.38. The molecule has 2 heteroatoms. The van der Waals surface area contributed by atoms with Crippen molar-refractivity contribution < 1.29 is 8.78 Å². The fraction of sp³-hybridized carbons (Fsp3) is 0.400. The maximum Gasteiger partial charge on any atom is 0.126 e. The molecule has 3 aromatic rings. The van der Waals surface area contributed by atoms with Crippen LogP contribution in [0.15, 0.2) is 66.7 Å². The van der Waals surface area contributed by atoms with Gasteiger partial charge in [-0.25, -0.2) is 4.39 Å². The van der Waals surface area contributed by atoms with Crippen molar-refractivity contribution in [2.24, 2.45) is 5.92 Å². The normalized spacial score (nSPS) is 18.6. The number of benzene rings is 3. The molecule has 1 saturated carbocycles. The summed E-state index contributed by atoms with van der Waals surface area (Å²) in [4.78, 5) is 0. The Bertz CT molecular complexity index is 980. The van der Waals surface area contributed by atoms with Crippen LogP contribution < -0.4 is 0 Å². The monoisotopic (exact) mass is 432 g/mol. The molecule has 0 unspecified atom stereocenters. The van der Waals surface area contributed by atoms with Crippen LogP contribution in [0.1, 0.15) is 66.7 Å². The Morgan fingerprint density at radius 2 is 1.44 bits per heavy atom. The summed E-state index contributed by atoms with van der Waals surface area (Å²) < 4.78 is 27.2. The highest BCUT2D eigenvalue weighted by molar-refractivity contribution is 5.63. The zero-order chi connectivity index (χ0) is 22.3. The van der Waals surface area contributed by atoms with Crippen LogP contribution >= 0.6 is 0 Å². The fourth-order valence-corrected chi connectivity index (χ4v) is 5.06. The molecule has 4 rings (SSSR count). The van der Waals surface area contributed by atoms with Crippen LogP contribution in [0.4, 0.5) is 8.78 Å². The van der Waals surface area contributed by atoms with Gasteiger partial charge in [-0.1, -0.05) is 66.2 Å². The Labute approximate surface area is 191 Å². The quantitative estimate of drug-likeness (QED) is 0.334. The standard InChI is InChI=1S/C30H34F2/c1-22-4-11-25(12-5-22)26-13-8-24(9-14-26)10-17-28-18-19-29(21-30(28)32)27-15-6-23(7-16-27)3-2-20-31/h4-5,8-9,11-14,18-19,21,23,27H,2-3,6-7,10,15-17,20H2,1H3. The molecule has 0 aromatic heterocycles. The van der Waals surface area contributed by atoms with E-state index >= 15 is 0 Å². The molecule has 0 radical (unpaired) electrons. The van der Waals surface area contributed by atoms with Crippen LogP contribution in [-0.4, -0.2) is 6.67 Å². The predicted octanol–water partition coefficient (Wildman–Crippen LogP) is 8.61. The molecule has 168 valence electrons. The summed E-state index contributed by atoms with van der Waals surface area (Å²) >= 11 is 0. The topological polar surface area (TPSA) is 0 Å². The third kappa shape index (κ3) is 5.85. The maximum atomic E-state index is 14.8. The van der Waals surface area contributed by atoms with Gasteiger partial charge in [0.15, 0.2) is 0 Å². The van der Waals surface area contributed by atoms with E-state index in [0.717, 1.165) is 49.7 Å². The summed E-state index contributed by atoms with van der Waals surface area (Å²) in [6.07, 6.45) is 7.73. The van der Waals surface area contributed by atoms with E-state index in [-0.39, 0.29) is 12.5 Å². The second-order valence-corrected chi connectivity index (χ2v) is 9.46. The lowest BCUT2D eigenvalue weighted by atomic mass is 9.77. The molecule has 1 aliphatic rings. The molecule has 0 aliphatic heterocycles. The van der Waals surface area contributed by atoms with Crippen LogP contribution in [0.3, 0.4) is 0 Å². The molecule has 0 heterocycles. The molecular formula is C30H34F2. The average molecular weight is 433 g/mol. The molecule has 0 nitrogen and oxygen atoms in total. The number of halogens is 2. The van der Waals surface area contributed by atoms with Gasteiger partial charge in [0.2, 0.25) is 0 Å². The molecule has 0 atom stereocenters. The van der Waals surface area contributed by atoms with Gasteiger partial charge in [0.05, 0.1) is 6.67 Å². The lowest BCUT2D eigenvalue weighted by Gasteiger charge is -2.28. The first-order valence-electron chi connectivity index (χ1n) is 12.1. The van der Waals surface area contributed by atoms with E-state index < -0.39 is 0 Å². The molecule has 3 aromatic carbocycles. The Kier molecular flexibility index (Phi) is 7.73. The Balaban J connectivity index is 1.32. The first kappa shape index (κ1) is 22.7. The zero-order valence-corrected chi connectivity index (χ0v) is 19.1. The van der Waals surface area contributed by atoms with Gasteiger partial charge in [0.1, 0.15) is 5.82 Å². The van der Waals surface area contributed by atoms with Crippen molar-refractivity contribution in [3.05, 3.63) is 94.8 Å². The molecule has 32 heavy (non-hydrogen) atoms. The highest BCUT2D eigenvalue weighted by Gasteiger charge is 2.22. The van der Waals surface area contributed by atoms with E-state index in [9.17, 15) is 8.78 Å². The number of hydrogen-bond donors (Lipinski definition) is 0. The molecule has 0 bridgehead atoms. The SMILES string of the molecule is Cc1ccc(-c2ccc(CCc3ccc(C4CCC(CCCF)CC4)cc3F)cc2)cc1. The third-order valence-corrected chi connectivity index (χ3v) is 7.16. The van der Waals surface area contributed by atoms with E-state index in [1.807, 2.05) is 6.07 Å². The summed E-state index contributed by atoms with van der Waals surface area (Å²) in [5, 5.41) is 0. The first-order valence-corrected chi connectivity index (χ1v) is 12.1. The zero-order valence-electron chi connectivity index (χ0n) is 19.1. The molecule has 1 fully saturated rings. The van der Waals surface area contributed by atoms with Gasteiger partial charge in [-0.05, 0) is 104 Å². The van der Waals surface area contributed by atoms with E-state index in [1.165, 1.54) is 22.3 Å². The maximum absolute atomic E-state index is 14.8. The Morgan fingerprint density at radius 1 is 0.781 bits per heavy atom. The fourth-order valence-electron chi connectivity index (χ4n) is 5.06. The van der Waals surface area contributed by atoms with E-state index in [4.69, 9.17) is 0 Å². The molecule has 1 aliphatic carbocycles. The van der Waals surface area contributed by atoms with Crippen molar-refractivity contribution in [1.82, 2.24) is 0 Å². The van der Waals surface area contributed by atoms with Crippen molar-refractivity contribution in [2.45, 2.75) is 64.2 Å². The smallest absolute Gasteiger partial charge is 0.126 e. The van der Waals surface area contributed by atoms with E-state index in [1.54, 1.807) is 6.07 Å². The van der Waals surface area contributed by atoms with Crippen molar-refractivity contribution in [2.75, 3.05) is 6.67 Å². The minimum absolute atomic E-state index is 0.0710. The Hall–Kier alpha value is -2.48. The minimum atomic E-state index is -0.205. The van der Waals surface area contributed by atoms with Crippen LogP contribution in [0.25, 0.3) is 11.1 Å². The number of rotatable bonds is 8. The van der Waals surface area contributed by atoms with Crippen molar-refractivity contribution in [3.8, 4) is 11.1 Å². The largest absolute Gasteiger partial charge is 0.251 e. The number of alkyl halides is 1. The average Bonchev–Trinajstić information content (AvgIpc) is 2.83. The lowest BCUT2D eigenvalue weighted by Crippen LogP contribution is -2.14. The minimum Gasteiger partial charge on any atom is -0.251 e. The van der Waals surface area contributed by atoms with Crippen LogP contribution in [-0.2, 0) is 12.8 Å². The van der Waals surface area contributed by atoms with Gasteiger partial charge >= 0.3 is 0 Å². The van der Waals surface area contributed by atoms with Gasteiger partial charge in [0.25, 0.3) is 0 Å². The van der Waals surface area contributed by atoms with Crippen LogP contribution in [0.5, 0.6) is 0 Å². The summed E-state index contributed by atoms with van der Waals surface area (Å²) in [6, 6.07) is 23.1. The number of hydrogen-bond acceptors (Lipinski definition) is 0. The highest BCUT2D eigenvalue weighted by atomic mass is 19.1. The molecule has 0 amide bonds. The van der Waals surface area contributed by atoms with E-state index in [2.05, 4.69) is 61.5 Å². The second-order valence-electron chi connectivity index (χ2n) is 9.46. The van der Waals surface area contributed by atoms with Gasteiger partial charge in [0, 0.05) is 0 Å². The summed E-state index contributed by atoms with van der Waals surface area (Å²) in [5.41, 5.74) is 6.87. The Morgan fingerprint density at radius 3 is 2.06 bits per heavy atom. The van der Waals surface area contributed by atoms with Gasteiger partial charge < -0.3 is 0 Å². The van der Waals surface area contributed by atoms with E-state index in [0.29, 0.717) is 24.7 Å².